The Bertz CT molecular complexity index is 369. The van der Waals surface area contributed by atoms with Gasteiger partial charge in [0.2, 0.25) is 0 Å². The van der Waals surface area contributed by atoms with Gasteiger partial charge in [-0.25, -0.2) is 4.98 Å². The summed E-state index contributed by atoms with van der Waals surface area (Å²) in [6.45, 7) is 0. The lowest BCUT2D eigenvalue weighted by Gasteiger charge is -2.11. The number of alkyl halides is 3. The number of hydrogen-bond acceptors (Lipinski definition) is 4. The topological polar surface area (TPSA) is 51.6 Å². The molecular formula is C7H5F3INO3. The third-order valence-corrected chi connectivity index (χ3v) is 2.40. The van der Waals surface area contributed by atoms with Gasteiger partial charge in [0.05, 0.1) is 13.3 Å². The summed E-state index contributed by atoms with van der Waals surface area (Å²) in [6.07, 6.45) is -3.86. The van der Waals surface area contributed by atoms with E-state index in [0.717, 1.165) is 6.20 Å². The highest BCUT2D eigenvalue weighted by molar-refractivity contribution is 14.1. The smallest absolute Gasteiger partial charge is 0.502 e. The van der Waals surface area contributed by atoms with E-state index in [1.165, 1.54) is 7.11 Å². The fourth-order valence-corrected chi connectivity index (χ4v) is 1.36. The molecule has 0 unspecified atom stereocenters. The van der Waals surface area contributed by atoms with Gasteiger partial charge in [-0.05, 0) is 22.6 Å². The van der Waals surface area contributed by atoms with Crippen molar-refractivity contribution >= 4 is 22.6 Å². The largest absolute Gasteiger partial charge is 0.574 e. The number of pyridine rings is 1. The summed E-state index contributed by atoms with van der Waals surface area (Å²) in [4.78, 5) is 3.27. The lowest BCUT2D eigenvalue weighted by Crippen LogP contribution is -2.18. The second-order valence-corrected chi connectivity index (χ2v) is 3.42. The van der Waals surface area contributed by atoms with Crippen LogP contribution < -0.4 is 9.47 Å². The molecule has 0 bridgehead atoms. The number of methoxy groups -OCH3 is 1. The van der Waals surface area contributed by atoms with Gasteiger partial charge >= 0.3 is 6.36 Å². The lowest BCUT2D eigenvalue weighted by molar-refractivity contribution is -0.276. The van der Waals surface area contributed by atoms with Gasteiger partial charge in [-0.15, -0.1) is 13.2 Å². The summed E-state index contributed by atoms with van der Waals surface area (Å²) in [6, 6.07) is 0. The average molecular weight is 335 g/mol. The molecule has 1 heterocycles. The summed E-state index contributed by atoms with van der Waals surface area (Å²) >= 11 is 1.62. The lowest BCUT2D eigenvalue weighted by atomic mass is 10.4. The van der Waals surface area contributed by atoms with Crippen LogP contribution in [-0.4, -0.2) is 23.6 Å². The molecule has 0 amide bonds. The molecule has 0 saturated carbocycles. The summed E-state index contributed by atoms with van der Waals surface area (Å²) in [5.41, 5.74) is 0. The first-order chi connectivity index (χ1) is 6.85. The molecule has 84 valence electrons. The monoisotopic (exact) mass is 335 g/mol. The number of aromatic nitrogens is 1. The van der Waals surface area contributed by atoms with Gasteiger partial charge in [-0.3, -0.25) is 0 Å². The number of hydrogen-bond donors (Lipinski definition) is 1. The van der Waals surface area contributed by atoms with Crippen LogP contribution in [0.2, 0.25) is 0 Å². The molecule has 1 aromatic heterocycles. The molecule has 0 aromatic carbocycles. The maximum absolute atomic E-state index is 11.8. The molecule has 15 heavy (non-hydrogen) atoms. The van der Waals surface area contributed by atoms with Crippen LogP contribution in [0.15, 0.2) is 6.20 Å². The molecule has 0 fully saturated rings. The van der Waals surface area contributed by atoms with Crippen LogP contribution >= 0.6 is 22.6 Å². The second-order valence-electron chi connectivity index (χ2n) is 2.34. The predicted molar refractivity (Wildman–Crippen MR) is 51.9 cm³/mol. The zero-order valence-corrected chi connectivity index (χ0v) is 9.46. The minimum absolute atomic E-state index is 0.101. The van der Waals surface area contributed by atoms with Gasteiger partial charge in [-0.1, -0.05) is 0 Å². The summed E-state index contributed by atoms with van der Waals surface area (Å²) < 4.78 is 43.8. The molecule has 1 aromatic rings. The minimum Gasteiger partial charge on any atom is -0.502 e. The van der Waals surface area contributed by atoms with E-state index < -0.39 is 18.0 Å². The van der Waals surface area contributed by atoms with Crippen molar-refractivity contribution in [2.45, 2.75) is 6.36 Å². The highest BCUT2D eigenvalue weighted by atomic mass is 127. The Kier molecular flexibility index (Phi) is 3.47. The maximum Gasteiger partial charge on any atom is 0.574 e. The molecule has 0 atom stereocenters. The van der Waals surface area contributed by atoms with Crippen LogP contribution in [0.5, 0.6) is 17.4 Å². The van der Waals surface area contributed by atoms with Gasteiger partial charge in [0, 0.05) is 0 Å². The zero-order chi connectivity index (χ0) is 11.6. The van der Waals surface area contributed by atoms with E-state index in [1.54, 1.807) is 22.6 Å². The van der Waals surface area contributed by atoms with Crippen molar-refractivity contribution in [3.05, 3.63) is 9.77 Å². The summed E-state index contributed by atoms with van der Waals surface area (Å²) in [5, 5.41) is 9.30. The van der Waals surface area contributed by atoms with Gasteiger partial charge in [0.15, 0.2) is 11.5 Å². The van der Waals surface area contributed by atoms with Crippen molar-refractivity contribution in [3.8, 4) is 17.4 Å². The molecule has 4 nitrogen and oxygen atoms in total. The third-order valence-electron chi connectivity index (χ3n) is 1.36. The van der Waals surface area contributed by atoms with E-state index in [0.29, 0.717) is 0 Å². The second kappa shape index (κ2) is 4.29. The number of rotatable bonds is 2. The first kappa shape index (κ1) is 12.1. The Morgan fingerprint density at radius 1 is 1.47 bits per heavy atom. The van der Waals surface area contributed by atoms with E-state index >= 15 is 0 Å². The molecule has 1 N–H and O–H groups in total. The Balaban J connectivity index is 3.07. The van der Waals surface area contributed by atoms with Crippen LogP contribution in [0.3, 0.4) is 0 Å². The first-order valence-electron chi connectivity index (χ1n) is 3.52. The SMILES string of the molecule is COc1cnc(OC(F)(F)F)c(O)c1I. The van der Waals surface area contributed by atoms with E-state index in [9.17, 15) is 18.3 Å². The van der Waals surface area contributed by atoms with E-state index in [1.807, 2.05) is 0 Å². The zero-order valence-electron chi connectivity index (χ0n) is 7.30. The molecule has 0 saturated heterocycles. The van der Waals surface area contributed by atoms with Crippen molar-refractivity contribution in [1.82, 2.24) is 4.98 Å². The molecular weight excluding hydrogens is 330 g/mol. The van der Waals surface area contributed by atoms with E-state index in [4.69, 9.17) is 4.74 Å². The van der Waals surface area contributed by atoms with E-state index in [2.05, 4.69) is 9.72 Å². The fraction of sp³-hybridized carbons (Fsp3) is 0.286. The van der Waals surface area contributed by atoms with Crippen LogP contribution in [0.1, 0.15) is 0 Å². The van der Waals surface area contributed by atoms with Gasteiger partial charge < -0.3 is 14.6 Å². The number of ether oxygens (including phenoxy) is 2. The number of aromatic hydroxyl groups is 1. The maximum atomic E-state index is 11.8. The van der Waals surface area contributed by atoms with Crippen molar-refractivity contribution in [2.75, 3.05) is 7.11 Å². The average Bonchev–Trinajstić information content (AvgIpc) is 2.11. The number of halogens is 4. The molecule has 0 spiro atoms. The molecule has 0 aliphatic heterocycles. The van der Waals surface area contributed by atoms with Crippen molar-refractivity contribution in [1.29, 1.82) is 0 Å². The Labute approximate surface area is 96.2 Å². The summed E-state index contributed by atoms with van der Waals surface area (Å²) in [5.74, 6) is -1.43. The minimum atomic E-state index is -4.89. The Morgan fingerprint density at radius 3 is 2.53 bits per heavy atom. The fourth-order valence-electron chi connectivity index (χ4n) is 0.772. The Morgan fingerprint density at radius 2 is 2.07 bits per heavy atom. The van der Waals surface area contributed by atoms with Crippen molar-refractivity contribution in [3.63, 3.8) is 0 Å². The van der Waals surface area contributed by atoms with Gasteiger partial charge in [0.1, 0.15) is 3.57 Å². The van der Waals surface area contributed by atoms with Crippen LogP contribution in [-0.2, 0) is 0 Å². The number of nitrogens with zero attached hydrogens (tertiary/aromatic N) is 1. The van der Waals surface area contributed by atoms with Crippen LogP contribution in [0, 0.1) is 3.57 Å². The quantitative estimate of drug-likeness (QED) is 0.843. The summed E-state index contributed by atoms with van der Waals surface area (Å²) in [7, 11) is 1.31. The Hall–Kier alpha value is -0.930. The standard InChI is InChI=1S/C7H5F3INO3/c1-14-3-2-12-6(5(13)4(3)11)15-7(8,9)10/h2,13H,1H3. The third kappa shape index (κ3) is 3.01. The van der Waals surface area contributed by atoms with Gasteiger partial charge in [0.25, 0.3) is 5.88 Å². The van der Waals surface area contributed by atoms with Crippen LogP contribution in [0.25, 0.3) is 0 Å². The molecule has 0 aliphatic carbocycles. The highest BCUT2D eigenvalue weighted by Gasteiger charge is 2.33. The van der Waals surface area contributed by atoms with Crippen LogP contribution in [0.4, 0.5) is 13.2 Å². The first-order valence-corrected chi connectivity index (χ1v) is 4.60. The molecule has 0 aliphatic rings. The normalized spacial score (nSPS) is 11.3. The molecule has 8 heteroatoms. The molecule has 1 rings (SSSR count). The van der Waals surface area contributed by atoms with Crippen molar-refractivity contribution in [2.24, 2.45) is 0 Å². The van der Waals surface area contributed by atoms with E-state index in [-0.39, 0.29) is 9.32 Å². The predicted octanol–water partition coefficient (Wildman–Crippen LogP) is 2.30. The van der Waals surface area contributed by atoms with Gasteiger partial charge in [-0.2, -0.15) is 0 Å². The highest BCUT2D eigenvalue weighted by Crippen LogP contribution is 2.37. The molecule has 0 radical (unpaired) electrons. The van der Waals surface area contributed by atoms with Crippen molar-refractivity contribution < 1.29 is 27.8 Å².